The minimum absolute atomic E-state index is 0.0991. The molecule has 0 aromatic carbocycles. The summed E-state index contributed by atoms with van der Waals surface area (Å²) in [6, 6.07) is 2.85. The van der Waals surface area contributed by atoms with Gasteiger partial charge in [-0.25, -0.2) is 4.79 Å². The van der Waals surface area contributed by atoms with Crippen LogP contribution in [0.5, 0.6) is 5.75 Å². The predicted octanol–water partition coefficient (Wildman–Crippen LogP) is 1.72. The van der Waals surface area contributed by atoms with Crippen LogP contribution in [0.1, 0.15) is 26.2 Å². The molecule has 1 saturated carbocycles. The second-order valence-electron chi connectivity index (χ2n) is 6.15. The van der Waals surface area contributed by atoms with Crippen molar-refractivity contribution in [3.63, 3.8) is 0 Å². The molecule has 134 valence electrons. The van der Waals surface area contributed by atoms with Crippen molar-refractivity contribution in [1.29, 1.82) is 0 Å². The van der Waals surface area contributed by atoms with Gasteiger partial charge in [-0.15, -0.1) is 0 Å². The molecular weight excluding hydrogens is 322 g/mol. The highest BCUT2D eigenvalue weighted by molar-refractivity contribution is 5.89. The molecule has 0 bridgehead atoms. The first-order valence-electron chi connectivity index (χ1n) is 8.49. The van der Waals surface area contributed by atoms with Crippen LogP contribution in [-0.2, 0) is 13.6 Å². The number of rotatable bonds is 5. The molecule has 0 radical (unpaired) electrons. The first-order chi connectivity index (χ1) is 12.1. The van der Waals surface area contributed by atoms with Crippen LogP contribution in [0.2, 0.25) is 0 Å². The summed E-state index contributed by atoms with van der Waals surface area (Å²) >= 11 is 0. The molecule has 2 amide bonds. The maximum absolute atomic E-state index is 12.3. The van der Waals surface area contributed by atoms with E-state index >= 15 is 0 Å². The van der Waals surface area contributed by atoms with Gasteiger partial charge in [0.05, 0.1) is 18.4 Å². The van der Waals surface area contributed by atoms with Gasteiger partial charge in [-0.3, -0.25) is 9.48 Å². The number of carbonyl (C=O) groups is 1. The normalized spacial score (nSPS) is 19.6. The third-order valence-electron chi connectivity index (χ3n) is 4.35. The second kappa shape index (κ2) is 7.42. The molecule has 0 saturated heterocycles. The van der Waals surface area contributed by atoms with Crippen LogP contribution in [0.15, 0.2) is 35.5 Å². The van der Waals surface area contributed by atoms with Gasteiger partial charge in [0.25, 0.3) is 5.56 Å². The molecule has 8 heteroatoms. The fourth-order valence-electron chi connectivity index (χ4n) is 3.07. The van der Waals surface area contributed by atoms with E-state index in [2.05, 4.69) is 15.7 Å². The number of hydrogen-bond acceptors (Lipinski definition) is 4. The smallest absolute Gasteiger partial charge is 0.319 e. The van der Waals surface area contributed by atoms with Crippen molar-refractivity contribution in [1.82, 2.24) is 19.7 Å². The number of nitrogens with zero attached hydrogens (tertiary/aromatic N) is 3. The van der Waals surface area contributed by atoms with Crippen LogP contribution in [0.3, 0.4) is 0 Å². The van der Waals surface area contributed by atoms with Crippen LogP contribution in [0.4, 0.5) is 10.5 Å². The molecule has 0 unspecified atom stereocenters. The molecule has 1 aliphatic rings. The Morgan fingerprint density at radius 2 is 2.28 bits per heavy atom. The van der Waals surface area contributed by atoms with Crippen LogP contribution in [0, 0.1) is 0 Å². The lowest BCUT2D eigenvalue weighted by atomic mass is 10.2. The lowest BCUT2D eigenvalue weighted by molar-refractivity contribution is 0.175. The lowest BCUT2D eigenvalue weighted by Gasteiger charge is -2.21. The molecule has 0 aliphatic heterocycles. The maximum atomic E-state index is 12.3. The van der Waals surface area contributed by atoms with E-state index < -0.39 is 6.03 Å². The van der Waals surface area contributed by atoms with Gasteiger partial charge in [0.1, 0.15) is 11.8 Å². The second-order valence-corrected chi connectivity index (χ2v) is 6.15. The van der Waals surface area contributed by atoms with Crippen molar-refractivity contribution >= 4 is 11.7 Å². The number of carbonyl (C=O) groups excluding carboxylic acids is 1. The van der Waals surface area contributed by atoms with Crippen molar-refractivity contribution in [3.05, 3.63) is 41.1 Å². The van der Waals surface area contributed by atoms with E-state index in [0.29, 0.717) is 12.3 Å². The monoisotopic (exact) mass is 345 g/mol. The summed E-state index contributed by atoms with van der Waals surface area (Å²) in [6.45, 7) is 2.43. The van der Waals surface area contributed by atoms with E-state index in [1.165, 1.54) is 0 Å². The highest BCUT2D eigenvalue weighted by Gasteiger charge is 2.30. The number of aromatic nitrogens is 3. The number of aryl methyl sites for hydroxylation is 2. The highest BCUT2D eigenvalue weighted by atomic mass is 16.5. The average Bonchev–Trinajstić information content (AvgIpc) is 3.19. The zero-order valence-corrected chi connectivity index (χ0v) is 14.4. The molecule has 2 atom stereocenters. The summed E-state index contributed by atoms with van der Waals surface area (Å²) in [7, 11) is 1.83. The molecule has 2 aromatic heterocycles. The number of anilines is 1. The van der Waals surface area contributed by atoms with Crippen LogP contribution >= 0.6 is 0 Å². The van der Waals surface area contributed by atoms with Crippen LogP contribution < -0.4 is 20.9 Å². The summed E-state index contributed by atoms with van der Waals surface area (Å²) in [5.41, 5.74) is 0.0549. The number of hydrogen-bond donors (Lipinski definition) is 2. The minimum Gasteiger partial charge on any atom is -0.485 e. The topological polar surface area (TPSA) is 90.2 Å². The molecule has 2 N–H and O–H groups in total. The maximum Gasteiger partial charge on any atom is 0.319 e. The van der Waals surface area contributed by atoms with Crippen molar-refractivity contribution in [3.8, 4) is 5.75 Å². The van der Waals surface area contributed by atoms with Gasteiger partial charge in [-0.2, -0.15) is 5.10 Å². The first-order valence-corrected chi connectivity index (χ1v) is 8.49. The van der Waals surface area contributed by atoms with Crippen LogP contribution in [0.25, 0.3) is 0 Å². The van der Waals surface area contributed by atoms with E-state index in [-0.39, 0.29) is 23.4 Å². The van der Waals surface area contributed by atoms with Crippen molar-refractivity contribution in [2.75, 3.05) is 5.32 Å². The Morgan fingerprint density at radius 3 is 3.00 bits per heavy atom. The summed E-state index contributed by atoms with van der Waals surface area (Å²) in [6.07, 6.45) is 7.74. The number of pyridine rings is 1. The van der Waals surface area contributed by atoms with Crippen molar-refractivity contribution in [2.45, 2.75) is 44.9 Å². The molecule has 3 rings (SSSR count). The molecule has 8 nitrogen and oxygen atoms in total. The van der Waals surface area contributed by atoms with Gasteiger partial charge < -0.3 is 19.9 Å². The van der Waals surface area contributed by atoms with E-state index in [0.717, 1.165) is 19.3 Å². The third-order valence-corrected chi connectivity index (χ3v) is 4.35. The fraction of sp³-hybridized carbons (Fsp3) is 0.471. The molecule has 2 heterocycles. The number of urea groups is 1. The largest absolute Gasteiger partial charge is 0.485 e. The Morgan fingerprint density at radius 1 is 1.44 bits per heavy atom. The summed E-state index contributed by atoms with van der Waals surface area (Å²) in [5, 5.41) is 9.65. The van der Waals surface area contributed by atoms with Crippen molar-refractivity contribution in [2.24, 2.45) is 7.05 Å². The SMILES string of the molecule is CCn1cccc(NC(=O)N[C@@H]2CCC[C@@H]2Oc2cnn(C)c2)c1=O. The Bertz CT molecular complexity index is 798. The lowest BCUT2D eigenvalue weighted by Crippen LogP contribution is -2.45. The average molecular weight is 345 g/mol. The molecule has 1 fully saturated rings. The quantitative estimate of drug-likeness (QED) is 0.863. The van der Waals surface area contributed by atoms with Gasteiger partial charge in [-0.05, 0) is 38.3 Å². The number of amides is 2. The number of nitrogens with one attached hydrogen (secondary N) is 2. The molecular formula is C17H23N5O3. The fourth-order valence-corrected chi connectivity index (χ4v) is 3.07. The van der Waals surface area contributed by atoms with E-state index in [1.54, 1.807) is 40.0 Å². The highest BCUT2D eigenvalue weighted by Crippen LogP contribution is 2.24. The molecule has 2 aromatic rings. The standard InChI is InChI=1S/C17H23N5O3/c1-3-22-9-5-7-14(16(22)23)20-17(24)19-13-6-4-8-15(13)25-12-10-18-21(2)11-12/h5,7,9-11,13,15H,3-4,6,8H2,1-2H3,(H2,19,20,24)/t13-,15+/m1/s1. The zero-order valence-electron chi connectivity index (χ0n) is 14.4. The predicted molar refractivity (Wildman–Crippen MR) is 93.8 cm³/mol. The van der Waals surface area contributed by atoms with Gasteiger partial charge in [-0.1, -0.05) is 0 Å². The Labute approximate surface area is 145 Å². The number of ether oxygens (including phenoxy) is 1. The summed E-state index contributed by atoms with van der Waals surface area (Å²) in [4.78, 5) is 24.4. The van der Waals surface area contributed by atoms with Crippen molar-refractivity contribution < 1.29 is 9.53 Å². The van der Waals surface area contributed by atoms with Gasteiger partial charge >= 0.3 is 6.03 Å². The first kappa shape index (κ1) is 17.1. The Kier molecular flexibility index (Phi) is 5.06. The van der Waals surface area contributed by atoms with E-state index in [4.69, 9.17) is 4.74 Å². The van der Waals surface area contributed by atoms with Gasteiger partial charge in [0.2, 0.25) is 0 Å². The van der Waals surface area contributed by atoms with Gasteiger partial charge in [0, 0.05) is 19.8 Å². The van der Waals surface area contributed by atoms with E-state index in [1.807, 2.05) is 14.0 Å². The summed E-state index contributed by atoms with van der Waals surface area (Å²) in [5.74, 6) is 0.690. The molecule has 25 heavy (non-hydrogen) atoms. The molecule has 0 spiro atoms. The van der Waals surface area contributed by atoms with E-state index in [9.17, 15) is 9.59 Å². The Balaban J connectivity index is 1.61. The summed E-state index contributed by atoms with van der Waals surface area (Å²) < 4.78 is 9.14. The Hall–Kier alpha value is -2.77. The van der Waals surface area contributed by atoms with Gasteiger partial charge in [0.15, 0.2) is 5.75 Å². The third kappa shape index (κ3) is 4.01. The zero-order chi connectivity index (χ0) is 17.8. The van der Waals surface area contributed by atoms with Crippen LogP contribution in [-0.4, -0.2) is 32.5 Å². The minimum atomic E-state index is -0.391. The molecule has 1 aliphatic carbocycles.